The van der Waals surface area contributed by atoms with Crippen molar-refractivity contribution in [2.24, 2.45) is 0 Å². The summed E-state index contributed by atoms with van der Waals surface area (Å²) in [5, 5.41) is 9.43. The van der Waals surface area contributed by atoms with Crippen molar-refractivity contribution in [2.45, 2.75) is 0 Å². The smallest absolute Gasteiger partial charge is 0.252 e. The molecule has 0 saturated carbocycles. The van der Waals surface area contributed by atoms with E-state index in [1.165, 1.54) is 7.11 Å². The van der Waals surface area contributed by atoms with Crippen LogP contribution in [0.25, 0.3) is 11.0 Å². The predicted molar refractivity (Wildman–Crippen MR) is 50.6 cm³/mol. The van der Waals surface area contributed by atoms with Crippen molar-refractivity contribution in [2.75, 3.05) is 7.11 Å². The normalized spacial score (nSPS) is 10.4. The Morgan fingerprint density at radius 3 is 3.00 bits per heavy atom. The van der Waals surface area contributed by atoms with Crippen LogP contribution in [0, 0.1) is 0 Å². The first-order valence-electron chi connectivity index (χ1n) is 3.98. The molecule has 0 bridgehead atoms. The van der Waals surface area contributed by atoms with Crippen LogP contribution in [0.4, 0.5) is 0 Å². The van der Waals surface area contributed by atoms with Crippen molar-refractivity contribution in [1.82, 2.24) is 9.97 Å². The molecule has 14 heavy (non-hydrogen) atoms. The van der Waals surface area contributed by atoms with E-state index in [0.29, 0.717) is 16.9 Å². The van der Waals surface area contributed by atoms with Gasteiger partial charge in [-0.15, -0.1) is 0 Å². The second kappa shape index (κ2) is 3.02. The molecule has 2 heterocycles. The van der Waals surface area contributed by atoms with Crippen LogP contribution in [0.15, 0.2) is 23.0 Å². The zero-order valence-electron chi connectivity index (χ0n) is 7.44. The van der Waals surface area contributed by atoms with E-state index in [4.69, 9.17) is 4.74 Å². The summed E-state index contributed by atoms with van der Waals surface area (Å²) in [7, 11) is 1.48. The largest absolute Gasteiger partial charge is 0.505 e. The summed E-state index contributed by atoms with van der Waals surface area (Å²) in [5.74, 6) is 0.238. The maximum atomic E-state index is 11.0. The van der Waals surface area contributed by atoms with Gasteiger partial charge in [0.15, 0.2) is 0 Å². The number of aromatic hydroxyl groups is 1. The Bertz CT molecular complexity index is 533. The Balaban J connectivity index is 2.82. The van der Waals surface area contributed by atoms with E-state index >= 15 is 0 Å². The maximum absolute atomic E-state index is 11.0. The highest BCUT2D eigenvalue weighted by Crippen LogP contribution is 2.20. The van der Waals surface area contributed by atoms with Gasteiger partial charge in [0.05, 0.1) is 12.6 Å². The van der Waals surface area contributed by atoms with Gasteiger partial charge in [-0.25, -0.2) is 4.98 Å². The standard InChI is InChI=1S/C9H8N2O3/c1-14-8-3-2-5-9(11-8)6(12)4-7(13)10-5/h2-4H,1H3,(H2,10,12,13). The third kappa shape index (κ3) is 1.28. The lowest BCUT2D eigenvalue weighted by molar-refractivity contribution is 0.398. The number of hydrogen-bond donors (Lipinski definition) is 2. The lowest BCUT2D eigenvalue weighted by Crippen LogP contribution is -2.03. The van der Waals surface area contributed by atoms with Crippen molar-refractivity contribution >= 4 is 11.0 Å². The summed E-state index contributed by atoms with van der Waals surface area (Å²) in [4.78, 5) is 17.5. The molecule has 5 nitrogen and oxygen atoms in total. The minimum atomic E-state index is -0.359. The zero-order chi connectivity index (χ0) is 10.1. The van der Waals surface area contributed by atoms with Crippen LogP contribution in [0.5, 0.6) is 11.6 Å². The van der Waals surface area contributed by atoms with E-state index in [-0.39, 0.29) is 11.3 Å². The molecule has 0 aliphatic carbocycles. The molecule has 0 aromatic carbocycles. The number of aromatic nitrogens is 2. The summed E-state index contributed by atoms with van der Waals surface area (Å²) < 4.78 is 4.89. The fourth-order valence-corrected chi connectivity index (χ4v) is 1.21. The summed E-state index contributed by atoms with van der Waals surface area (Å²) in [6, 6.07) is 4.31. The summed E-state index contributed by atoms with van der Waals surface area (Å²) in [5.41, 5.74) is 0.446. The van der Waals surface area contributed by atoms with Crippen LogP contribution in [0.2, 0.25) is 0 Å². The van der Waals surface area contributed by atoms with Gasteiger partial charge in [0.1, 0.15) is 11.3 Å². The third-order valence-corrected chi connectivity index (χ3v) is 1.85. The van der Waals surface area contributed by atoms with Gasteiger partial charge in [-0.1, -0.05) is 0 Å². The minimum Gasteiger partial charge on any atom is -0.505 e. The summed E-state index contributed by atoms with van der Waals surface area (Å²) in [6.45, 7) is 0. The monoisotopic (exact) mass is 192 g/mol. The first-order valence-corrected chi connectivity index (χ1v) is 3.98. The number of hydrogen-bond acceptors (Lipinski definition) is 4. The predicted octanol–water partition coefficient (Wildman–Crippen LogP) is 0.637. The number of methoxy groups -OCH3 is 1. The number of nitrogens with zero attached hydrogens (tertiary/aromatic N) is 1. The lowest BCUT2D eigenvalue weighted by atomic mass is 10.3. The molecule has 0 saturated heterocycles. The van der Waals surface area contributed by atoms with E-state index in [1.807, 2.05) is 0 Å². The number of aromatic amines is 1. The average molecular weight is 192 g/mol. The summed E-state index contributed by atoms with van der Waals surface area (Å²) in [6.07, 6.45) is 0. The Morgan fingerprint density at radius 2 is 2.29 bits per heavy atom. The SMILES string of the molecule is COc1ccc2[nH]c(=O)cc(O)c2n1. The number of ether oxygens (including phenoxy) is 1. The van der Waals surface area contributed by atoms with Crippen LogP contribution < -0.4 is 10.3 Å². The van der Waals surface area contributed by atoms with Crippen molar-refractivity contribution in [1.29, 1.82) is 0 Å². The average Bonchev–Trinajstić information content (AvgIpc) is 2.17. The highest BCUT2D eigenvalue weighted by atomic mass is 16.5. The molecule has 2 aromatic rings. The lowest BCUT2D eigenvalue weighted by Gasteiger charge is -2.02. The molecule has 2 N–H and O–H groups in total. The molecule has 0 amide bonds. The maximum Gasteiger partial charge on any atom is 0.252 e. The van der Waals surface area contributed by atoms with E-state index in [0.717, 1.165) is 6.07 Å². The van der Waals surface area contributed by atoms with E-state index in [9.17, 15) is 9.90 Å². The number of rotatable bonds is 1. The van der Waals surface area contributed by atoms with Gasteiger partial charge >= 0.3 is 0 Å². The van der Waals surface area contributed by atoms with E-state index in [1.54, 1.807) is 12.1 Å². The molecular weight excluding hydrogens is 184 g/mol. The minimum absolute atomic E-state index is 0.150. The van der Waals surface area contributed by atoms with Gasteiger partial charge < -0.3 is 14.8 Å². The second-order valence-corrected chi connectivity index (χ2v) is 2.77. The highest BCUT2D eigenvalue weighted by molar-refractivity contribution is 5.80. The fraction of sp³-hybridized carbons (Fsp3) is 0.111. The van der Waals surface area contributed by atoms with Crippen molar-refractivity contribution in [3.8, 4) is 11.6 Å². The van der Waals surface area contributed by atoms with E-state index < -0.39 is 0 Å². The van der Waals surface area contributed by atoms with Gasteiger partial charge in [-0.2, -0.15) is 0 Å². The number of fused-ring (bicyclic) bond motifs is 1. The molecule has 0 aliphatic heterocycles. The Morgan fingerprint density at radius 1 is 1.50 bits per heavy atom. The van der Waals surface area contributed by atoms with Crippen molar-refractivity contribution in [3.63, 3.8) is 0 Å². The molecule has 0 unspecified atom stereocenters. The zero-order valence-corrected chi connectivity index (χ0v) is 7.44. The third-order valence-electron chi connectivity index (χ3n) is 1.85. The van der Waals surface area contributed by atoms with Gasteiger partial charge in [-0.3, -0.25) is 4.79 Å². The fourth-order valence-electron chi connectivity index (χ4n) is 1.21. The molecule has 0 radical (unpaired) electrons. The van der Waals surface area contributed by atoms with Crippen LogP contribution in [-0.4, -0.2) is 22.2 Å². The van der Waals surface area contributed by atoms with E-state index in [2.05, 4.69) is 9.97 Å². The Labute approximate surface area is 79.0 Å². The van der Waals surface area contributed by atoms with Crippen LogP contribution >= 0.6 is 0 Å². The van der Waals surface area contributed by atoms with Gasteiger partial charge in [-0.05, 0) is 6.07 Å². The molecule has 5 heteroatoms. The topological polar surface area (TPSA) is 75.2 Å². The molecule has 0 atom stereocenters. The van der Waals surface area contributed by atoms with Crippen LogP contribution in [0.3, 0.4) is 0 Å². The molecule has 0 spiro atoms. The quantitative estimate of drug-likeness (QED) is 0.695. The molecule has 72 valence electrons. The van der Waals surface area contributed by atoms with Crippen molar-refractivity contribution in [3.05, 3.63) is 28.6 Å². The second-order valence-electron chi connectivity index (χ2n) is 2.77. The van der Waals surface area contributed by atoms with Crippen LogP contribution in [0.1, 0.15) is 0 Å². The molecule has 0 aliphatic rings. The summed E-state index contributed by atoms with van der Waals surface area (Å²) >= 11 is 0. The van der Waals surface area contributed by atoms with Crippen molar-refractivity contribution < 1.29 is 9.84 Å². The highest BCUT2D eigenvalue weighted by Gasteiger charge is 2.04. The first kappa shape index (κ1) is 8.55. The molecular formula is C9H8N2O3. The number of H-pyrrole nitrogens is 1. The Hall–Kier alpha value is -2.04. The Kier molecular flexibility index (Phi) is 1.85. The molecule has 2 aromatic heterocycles. The van der Waals surface area contributed by atoms with Crippen LogP contribution in [-0.2, 0) is 0 Å². The first-order chi connectivity index (χ1) is 6.70. The molecule has 2 rings (SSSR count). The number of pyridine rings is 2. The van der Waals surface area contributed by atoms with Gasteiger partial charge in [0.25, 0.3) is 5.56 Å². The van der Waals surface area contributed by atoms with Gasteiger partial charge in [0.2, 0.25) is 5.88 Å². The van der Waals surface area contributed by atoms with Gasteiger partial charge in [0, 0.05) is 12.1 Å². The molecule has 0 fully saturated rings. The number of nitrogens with one attached hydrogen (secondary N) is 1.